The molecule has 2 amide bonds. The van der Waals surface area contributed by atoms with Crippen LogP contribution in [0.1, 0.15) is 74.6 Å². The van der Waals surface area contributed by atoms with Crippen molar-refractivity contribution in [2.45, 2.75) is 76.3 Å². The molecule has 2 aliphatic rings. The van der Waals surface area contributed by atoms with Crippen LogP contribution in [0.4, 0.5) is 5.69 Å². The number of hydrogen-bond acceptors (Lipinski definition) is 3. The lowest BCUT2D eigenvalue weighted by Crippen LogP contribution is -2.39. The topological polar surface area (TPSA) is 61.4 Å². The molecular formula is C22H33N3O2. The van der Waals surface area contributed by atoms with Crippen molar-refractivity contribution in [2.75, 3.05) is 18.9 Å². The van der Waals surface area contributed by atoms with E-state index in [0.717, 1.165) is 18.5 Å². The lowest BCUT2D eigenvalue weighted by molar-refractivity contribution is -0.117. The van der Waals surface area contributed by atoms with E-state index >= 15 is 0 Å². The zero-order valence-electron chi connectivity index (χ0n) is 16.5. The van der Waals surface area contributed by atoms with E-state index < -0.39 is 0 Å². The van der Waals surface area contributed by atoms with Gasteiger partial charge in [0.2, 0.25) is 5.91 Å². The molecule has 1 aromatic carbocycles. The Bertz CT molecular complexity index is 617. The summed E-state index contributed by atoms with van der Waals surface area (Å²) in [6, 6.07) is 8.04. The Balaban J connectivity index is 1.46. The number of amides is 2. The number of benzene rings is 1. The Kier molecular flexibility index (Phi) is 7.27. The quantitative estimate of drug-likeness (QED) is 0.796. The van der Waals surface area contributed by atoms with Gasteiger partial charge in [-0.25, -0.2) is 0 Å². The molecule has 0 spiro atoms. The maximum Gasteiger partial charge on any atom is 0.251 e. The first-order chi connectivity index (χ1) is 13.1. The van der Waals surface area contributed by atoms with Crippen LogP contribution in [0.25, 0.3) is 0 Å². The molecule has 148 valence electrons. The minimum Gasteiger partial charge on any atom is -0.349 e. The maximum absolute atomic E-state index is 12.4. The molecule has 0 radical (unpaired) electrons. The van der Waals surface area contributed by atoms with Crippen molar-refractivity contribution in [3.8, 4) is 0 Å². The van der Waals surface area contributed by atoms with Gasteiger partial charge in [-0.3, -0.25) is 14.5 Å². The summed E-state index contributed by atoms with van der Waals surface area (Å²) in [7, 11) is 2.04. The van der Waals surface area contributed by atoms with Gasteiger partial charge in [0, 0.05) is 23.3 Å². The molecule has 5 nitrogen and oxygen atoms in total. The molecule has 27 heavy (non-hydrogen) atoms. The SMILES string of the molecule is CN(CC(=O)Nc1ccc(C(=O)NC2CCCCC2)cc1)C1CCCCC1. The number of carbonyl (C=O) groups is 2. The highest BCUT2D eigenvalue weighted by Gasteiger charge is 2.20. The van der Waals surface area contributed by atoms with E-state index in [9.17, 15) is 9.59 Å². The van der Waals surface area contributed by atoms with Crippen molar-refractivity contribution < 1.29 is 9.59 Å². The Morgan fingerprint density at radius 2 is 1.52 bits per heavy atom. The van der Waals surface area contributed by atoms with Crippen molar-refractivity contribution in [2.24, 2.45) is 0 Å². The summed E-state index contributed by atoms with van der Waals surface area (Å²) >= 11 is 0. The molecule has 0 atom stereocenters. The van der Waals surface area contributed by atoms with Gasteiger partial charge in [-0.05, 0) is 57.0 Å². The first kappa shape index (κ1) is 19.9. The minimum atomic E-state index is -0.0168. The fourth-order valence-electron chi connectivity index (χ4n) is 4.30. The van der Waals surface area contributed by atoms with Crippen LogP contribution in [0.5, 0.6) is 0 Å². The molecule has 1 aromatic rings. The number of carbonyl (C=O) groups excluding carboxylic acids is 2. The second kappa shape index (κ2) is 9.88. The lowest BCUT2D eigenvalue weighted by atomic mass is 9.94. The molecule has 0 heterocycles. The van der Waals surface area contributed by atoms with E-state index in [-0.39, 0.29) is 11.8 Å². The predicted octanol–water partition coefficient (Wildman–Crippen LogP) is 3.95. The van der Waals surface area contributed by atoms with Crippen LogP contribution in [-0.4, -0.2) is 42.4 Å². The summed E-state index contributed by atoms with van der Waals surface area (Å²) in [5.74, 6) is -0.0145. The Morgan fingerprint density at radius 1 is 0.926 bits per heavy atom. The molecule has 2 N–H and O–H groups in total. The molecule has 0 unspecified atom stereocenters. The van der Waals surface area contributed by atoms with Crippen LogP contribution in [0.15, 0.2) is 24.3 Å². The second-order valence-corrected chi connectivity index (χ2v) is 8.14. The summed E-state index contributed by atoms with van der Waals surface area (Å²) in [5, 5.41) is 6.07. The summed E-state index contributed by atoms with van der Waals surface area (Å²) in [4.78, 5) is 26.8. The van der Waals surface area contributed by atoms with Gasteiger partial charge in [0.1, 0.15) is 0 Å². The van der Waals surface area contributed by atoms with Crippen molar-refractivity contribution in [1.82, 2.24) is 10.2 Å². The zero-order chi connectivity index (χ0) is 19.1. The summed E-state index contributed by atoms with van der Waals surface area (Å²) in [6.07, 6.45) is 12.1. The molecule has 2 fully saturated rings. The zero-order valence-corrected chi connectivity index (χ0v) is 16.5. The van der Waals surface area contributed by atoms with Gasteiger partial charge in [0.15, 0.2) is 0 Å². The van der Waals surface area contributed by atoms with E-state index in [1.165, 1.54) is 51.4 Å². The summed E-state index contributed by atoms with van der Waals surface area (Å²) < 4.78 is 0. The normalized spacial score (nSPS) is 19.0. The molecule has 0 bridgehead atoms. The van der Waals surface area contributed by atoms with Gasteiger partial charge in [-0.1, -0.05) is 38.5 Å². The van der Waals surface area contributed by atoms with Gasteiger partial charge in [0.25, 0.3) is 5.91 Å². The number of anilines is 1. The van der Waals surface area contributed by atoms with Crippen LogP contribution in [0, 0.1) is 0 Å². The lowest BCUT2D eigenvalue weighted by Gasteiger charge is -2.30. The highest BCUT2D eigenvalue weighted by atomic mass is 16.2. The molecule has 2 aliphatic carbocycles. The summed E-state index contributed by atoms with van der Waals surface area (Å²) in [6.45, 7) is 0.411. The van der Waals surface area contributed by atoms with Crippen LogP contribution in [0.2, 0.25) is 0 Å². The van der Waals surface area contributed by atoms with Gasteiger partial charge >= 0.3 is 0 Å². The van der Waals surface area contributed by atoms with E-state index in [4.69, 9.17) is 0 Å². The highest BCUT2D eigenvalue weighted by molar-refractivity contribution is 5.96. The fraction of sp³-hybridized carbons (Fsp3) is 0.636. The molecule has 0 saturated heterocycles. The number of rotatable bonds is 6. The fourth-order valence-corrected chi connectivity index (χ4v) is 4.30. The highest BCUT2D eigenvalue weighted by Crippen LogP contribution is 2.21. The van der Waals surface area contributed by atoms with Crippen LogP contribution >= 0.6 is 0 Å². The van der Waals surface area contributed by atoms with Gasteiger partial charge in [0.05, 0.1) is 6.54 Å². The molecule has 0 aromatic heterocycles. The van der Waals surface area contributed by atoms with E-state index in [0.29, 0.717) is 24.2 Å². The smallest absolute Gasteiger partial charge is 0.251 e. The molecule has 2 saturated carbocycles. The number of likely N-dealkylation sites (N-methyl/N-ethyl adjacent to an activating group) is 1. The van der Waals surface area contributed by atoms with E-state index in [2.05, 4.69) is 15.5 Å². The molecule has 5 heteroatoms. The third kappa shape index (κ3) is 6.06. The number of nitrogens with zero attached hydrogens (tertiary/aromatic N) is 1. The van der Waals surface area contributed by atoms with Crippen LogP contribution < -0.4 is 10.6 Å². The minimum absolute atomic E-state index is 0.00230. The van der Waals surface area contributed by atoms with Crippen LogP contribution in [0.3, 0.4) is 0 Å². The first-order valence-corrected chi connectivity index (χ1v) is 10.5. The van der Waals surface area contributed by atoms with Crippen molar-refractivity contribution in [3.63, 3.8) is 0 Å². The Labute approximate surface area is 162 Å². The largest absolute Gasteiger partial charge is 0.349 e. The summed E-state index contributed by atoms with van der Waals surface area (Å²) in [5.41, 5.74) is 1.39. The molecule has 3 rings (SSSR count). The Morgan fingerprint density at radius 3 is 2.15 bits per heavy atom. The molecule has 0 aliphatic heterocycles. The van der Waals surface area contributed by atoms with Gasteiger partial charge in [-0.15, -0.1) is 0 Å². The standard InChI is InChI=1S/C22H33N3O2/c1-25(20-10-6-3-7-11-20)16-21(26)23-19-14-12-17(13-15-19)22(27)24-18-8-4-2-5-9-18/h12-15,18,20H,2-11,16H2,1H3,(H,23,26)(H,24,27). The average Bonchev–Trinajstić information content (AvgIpc) is 2.70. The predicted molar refractivity (Wildman–Crippen MR) is 109 cm³/mol. The van der Waals surface area contributed by atoms with E-state index in [1.54, 1.807) is 12.1 Å². The first-order valence-electron chi connectivity index (χ1n) is 10.5. The second-order valence-electron chi connectivity index (χ2n) is 8.14. The van der Waals surface area contributed by atoms with Crippen LogP contribution in [-0.2, 0) is 4.79 Å². The number of hydrogen-bond donors (Lipinski definition) is 2. The van der Waals surface area contributed by atoms with Crippen molar-refractivity contribution >= 4 is 17.5 Å². The van der Waals surface area contributed by atoms with Crippen molar-refractivity contribution in [3.05, 3.63) is 29.8 Å². The third-order valence-electron chi connectivity index (χ3n) is 5.96. The Hall–Kier alpha value is -1.88. The van der Waals surface area contributed by atoms with Crippen molar-refractivity contribution in [1.29, 1.82) is 0 Å². The van der Waals surface area contributed by atoms with E-state index in [1.807, 2.05) is 19.2 Å². The third-order valence-corrected chi connectivity index (χ3v) is 5.96. The van der Waals surface area contributed by atoms with Gasteiger partial charge < -0.3 is 10.6 Å². The maximum atomic E-state index is 12.4. The van der Waals surface area contributed by atoms with Gasteiger partial charge in [-0.2, -0.15) is 0 Å². The average molecular weight is 372 g/mol. The number of nitrogens with one attached hydrogen (secondary N) is 2. The monoisotopic (exact) mass is 371 g/mol. The molecular weight excluding hydrogens is 338 g/mol.